The third-order valence-electron chi connectivity index (χ3n) is 9.12. The number of rotatable bonds is 2. The van der Waals surface area contributed by atoms with Gasteiger partial charge < -0.3 is 10.0 Å². The number of hydrogen-bond donors (Lipinski definition) is 2. The molecule has 148 valence electrons. The minimum absolute atomic E-state index is 0.0232. The molecule has 4 heteroatoms. The third kappa shape index (κ3) is 2.60. The highest BCUT2D eigenvalue weighted by atomic mass is 16.4. The zero-order valence-electron chi connectivity index (χ0n) is 17.1. The van der Waals surface area contributed by atoms with Crippen molar-refractivity contribution in [2.24, 2.45) is 28.6 Å². The van der Waals surface area contributed by atoms with Gasteiger partial charge in [0.1, 0.15) is 0 Å². The van der Waals surface area contributed by atoms with Gasteiger partial charge in [0, 0.05) is 12.4 Å². The molecule has 5 rings (SSSR count). The maximum Gasteiger partial charge on any atom is 0.455 e. The van der Waals surface area contributed by atoms with Crippen LogP contribution in [-0.4, -0.2) is 22.2 Å². The molecule has 0 aromatic carbocycles. The Morgan fingerprint density at radius 1 is 1.04 bits per heavy atom. The van der Waals surface area contributed by atoms with Crippen LogP contribution in [-0.2, 0) is 0 Å². The van der Waals surface area contributed by atoms with Crippen LogP contribution in [0.2, 0.25) is 5.82 Å². The summed E-state index contributed by atoms with van der Waals surface area (Å²) in [6.07, 6.45) is 16.7. The number of pyridine rings is 1. The molecule has 0 spiro atoms. The van der Waals surface area contributed by atoms with Gasteiger partial charge in [-0.2, -0.15) is 0 Å². The first-order valence-electron chi connectivity index (χ1n) is 11.1. The van der Waals surface area contributed by atoms with E-state index in [-0.39, 0.29) is 16.6 Å². The van der Waals surface area contributed by atoms with Gasteiger partial charge in [0.05, 0.1) is 0 Å². The van der Waals surface area contributed by atoms with Crippen LogP contribution in [0.5, 0.6) is 0 Å². The van der Waals surface area contributed by atoms with Crippen LogP contribution in [0.4, 0.5) is 0 Å². The normalized spacial score (nSPS) is 42.0. The Morgan fingerprint density at radius 3 is 2.61 bits per heavy atom. The van der Waals surface area contributed by atoms with Gasteiger partial charge in [0.25, 0.3) is 0 Å². The molecule has 4 aliphatic rings. The van der Waals surface area contributed by atoms with Gasteiger partial charge in [0.15, 0.2) is 0 Å². The zero-order valence-corrected chi connectivity index (χ0v) is 17.1. The lowest BCUT2D eigenvalue weighted by atomic mass is 9.45. The fourth-order valence-electron chi connectivity index (χ4n) is 7.48. The van der Waals surface area contributed by atoms with Crippen molar-refractivity contribution in [3.05, 3.63) is 47.8 Å². The van der Waals surface area contributed by atoms with E-state index in [0.717, 1.165) is 43.4 Å². The monoisotopic (exact) mass is 377 g/mol. The van der Waals surface area contributed by atoms with Crippen molar-refractivity contribution >= 4 is 12.7 Å². The first-order valence-corrected chi connectivity index (χ1v) is 11.1. The number of aromatic nitrogens is 1. The van der Waals surface area contributed by atoms with Crippen molar-refractivity contribution in [1.82, 2.24) is 4.98 Å². The molecular weight excluding hydrogens is 345 g/mol. The van der Waals surface area contributed by atoms with E-state index in [1.54, 1.807) is 0 Å². The van der Waals surface area contributed by atoms with Gasteiger partial charge in [-0.15, -0.1) is 0 Å². The second-order valence-electron chi connectivity index (χ2n) is 10.2. The summed E-state index contributed by atoms with van der Waals surface area (Å²) in [7, 11) is -1.17. The van der Waals surface area contributed by atoms with Crippen LogP contribution in [0.1, 0.15) is 64.4 Å². The van der Waals surface area contributed by atoms with Crippen LogP contribution in [0.15, 0.2) is 42.3 Å². The second-order valence-corrected chi connectivity index (χ2v) is 10.2. The first-order chi connectivity index (χ1) is 13.4. The molecule has 6 unspecified atom stereocenters. The second kappa shape index (κ2) is 6.57. The van der Waals surface area contributed by atoms with Crippen molar-refractivity contribution in [2.75, 3.05) is 0 Å². The quantitative estimate of drug-likeness (QED) is 0.571. The molecule has 4 aliphatic carbocycles. The molecule has 1 aromatic heterocycles. The van der Waals surface area contributed by atoms with E-state index in [1.807, 2.05) is 12.4 Å². The number of allylic oxidation sites excluding steroid dienone is 4. The maximum absolute atomic E-state index is 9.69. The lowest BCUT2D eigenvalue weighted by Gasteiger charge is -2.58. The van der Waals surface area contributed by atoms with Gasteiger partial charge in [-0.25, -0.2) is 0 Å². The van der Waals surface area contributed by atoms with E-state index < -0.39 is 7.12 Å². The van der Waals surface area contributed by atoms with E-state index in [1.165, 1.54) is 36.0 Å². The van der Waals surface area contributed by atoms with Gasteiger partial charge >= 0.3 is 7.12 Å². The van der Waals surface area contributed by atoms with E-state index in [0.29, 0.717) is 0 Å². The molecule has 3 nitrogen and oxygen atoms in total. The van der Waals surface area contributed by atoms with Crippen molar-refractivity contribution in [3.8, 4) is 0 Å². The number of nitrogens with zero attached hydrogens (tertiary/aromatic N) is 1. The Balaban J connectivity index is 1.44. The van der Waals surface area contributed by atoms with Crippen molar-refractivity contribution in [3.63, 3.8) is 0 Å². The average molecular weight is 377 g/mol. The number of fused-ring (bicyclic) bond motifs is 5. The minimum atomic E-state index is -1.17. The van der Waals surface area contributed by atoms with E-state index in [9.17, 15) is 10.0 Å². The van der Waals surface area contributed by atoms with Crippen molar-refractivity contribution in [2.45, 2.75) is 64.6 Å². The topological polar surface area (TPSA) is 53.4 Å². The van der Waals surface area contributed by atoms with Crippen LogP contribution in [0.25, 0.3) is 5.57 Å². The van der Waals surface area contributed by atoms with Gasteiger partial charge in [0.2, 0.25) is 0 Å². The van der Waals surface area contributed by atoms with E-state index in [4.69, 9.17) is 0 Å². The zero-order chi connectivity index (χ0) is 19.5. The Morgan fingerprint density at radius 2 is 1.86 bits per heavy atom. The van der Waals surface area contributed by atoms with E-state index >= 15 is 0 Å². The molecule has 2 fully saturated rings. The lowest BCUT2D eigenvalue weighted by molar-refractivity contribution is -0.0105. The van der Waals surface area contributed by atoms with Crippen molar-refractivity contribution < 1.29 is 10.0 Å². The summed E-state index contributed by atoms with van der Waals surface area (Å²) in [4.78, 5) is 4.37. The summed E-state index contributed by atoms with van der Waals surface area (Å²) in [6.45, 7) is 4.98. The molecule has 0 bridgehead atoms. The molecule has 0 amide bonds. The molecular formula is C24H32BNO2. The molecule has 6 atom stereocenters. The summed E-state index contributed by atoms with van der Waals surface area (Å²) in [5.41, 5.74) is 4.87. The molecule has 0 radical (unpaired) electrons. The molecule has 0 aliphatic heterocycles. The van der Waals surface area contributed by atoms with Crippen LogP contribution >= 0.6 is 0 Å². The number of hydrogen-bond acceptors (Lipinski definition) is 3. The Labute approximate surface area is 169 Å². The first kappa shape index (κ1) is 18.6. The smallest absolute Gasteiger partial charge is 0.427 e. The van der Waals surface area contributed by atoms with Gasteiger partial charge in [-0.3, -0.25) is 4.98 Å². The van der Waals surface area contributed by atoms with Crippen LogP contribution in [0, 0.1) is 28.6 Å². The molecule has 2 N–H and O–H groups in total. The summed E-state index contributed by atoms with van der Waals surface area (Å²) < 4.78 is 0. The van der Waals surface area contributed by atoms with Crippen LogP contribution < -0.4 is 0 Å². The predicted octanol–water partition coefficient (Wildman–Crippen LogP) is 4.88. The summed E-state index contributed by atoms with van der Waals surface area (Å²) in [5, 5.41) is 19.4. The SMILES string of the molecule is CC12CCC(B(O)O)CC1=CCC1C2CCC2(C)C(c3cccnc3)=CCC12. The molecule has 0 saturated heterocycles. The molecule has 1 heterocycles. The minimum Gasteiger partial charge on any atom is -0.427 e. The third-order valence-corrected chi connectivity index (χ3v) is 9.12. The Kier molecular flexibility index (Phi) is 4.37. The molecule has 1 aromatic rings. The highest BCUT2D eigenvalue weighted by molar-refractivity contribution is 6.43. The Hall–Kier alpha value is -1.39. The molecule has 28 heavy (non-hydrogen) atoms. The highest BCUT2D eigenvalue weighted by Gasteiger charge is 2.57. The summed E-state index contributed by atoms with van der Waals surface area (Å²) in [6, 6.07) is 4.28. The summed E-state index contributed by atoms with van der Waals surface area (Å²) >= 11 is 0. The maximum atomic E-state index is 9.69. The van der Waals surface area contributed by atoms with Crippen molar-refractivity contribution in [1.29, 1.82) is 0 Å². The lowest BCUT2D eigenvalue weighted by Crippen LogP contribution is -2.49. The predicted molar refractivity (Wildman–Crippen MR) is 113 cm³/mol. The van der Waals surface area contributed by atoms with Gasteiger partial charge in [-0.05, 0) is 90.1 Å². The fourth-order valence-corrected chi connectivity index (χ4v) is 7.48. The fraction of sp³-hybridized carbons (Fsp3) is 0.625. The largest absolute Gasteiger partial charge is 0.455 e. The average Bonchev–Trinajstić information content (AvgIpc) is 3.05. The van der Waals surface area contributed by atoms with Gasteiger partial charge in [-0.1, -0.05) is 44.1 Å². The highest BCUT2D eigenvalue weighted by Crippen LogP contribution is 2.66. The van der Waals surface area contributed by atoms with Crippen LogP contribution in [0.3, 0.4) is 0 Å². The van der Waals surface area contributed by atoms with E-state index in [2.05, 4.69) is 43.1 Å². The molecule has 2 saturated carbocycles. The summed E-state index contributed by atoms with van der Waals surface area (Å²) in [5.74, 6) is 2.23. The Bertz CT molecular complexity index is 819. The standard InChI is InChI=1S/C24H32BNO2/c1-23-11-9-18(25(27)28)14-17(23)5-6-19-21-8-7-20(16-4-3-13-26-15-16)24(21,2)12-10-22(19)23/h3-5,7,13,15,18-19,21-22,27-28H,6,8-12,14H2,1-2H3.